The molecule has 0 fully saturated rings. The van der Waals surface area contributed by atoms with E-state index in [1.165, 1.54) is 17.4 Å². The standard InChI is InChI=1S/C9H5N9/c1-6-8(12-3-10-1)17(5-14-6)18-9-7(15-16-18)2-11-4-13-9/h1-5H. The molecule has 4 heterocycles. The third kappa shape index (κ3) is 1.12. The summed E-state index contributed by atoms with van der Waals surface area (Å²) in [6.45, 7) is 0. The lowest BCUT2D eigenvalue weighted by Crippen LogP contribution is -2.11. The van der Waals surface area contributed by atoms with E-state index in [0.717, 1.165) is 0 Å². The van der Waals surface area contributed by atoms with Crippen LogP contribution in [0.1, 0.15) is 0 Å². The molecule has 0 saturated heterocycles. The Balaban J connectivity index is 2.08. The van der Waals surface area contributed by atoms with Crippen molar-refractivity contribution in [3.05, 3.63) is 31.4 Å². The van der Waals surface area contributed by atoms with E-state index in [0.29, 0.717) is 22.3 Å². The van der Waals surface area contributed by atoms with Gasteiger partial charge in [0.25, 0.3) is 0 Å². The molecule has 4 aromatic heterocycles. The van der Waals surface area contributed by atoms with Crippen molar-refractivity contribution < 1.29 is 0 Å². The van der Waals surface area contributed by atoms with Gasteiger partial charge in [0.05, 0.1) is 12.4 Å². The van der Waals surface area contributed by atoms with Gasteiger partial charge in [-0.15, -0.1) is 9.89 Å². The van der Waals surface area contributed by atoms with Gasteiger partial charge in [0.1, 0.15) is 24.5 Å². The minimum absolute atomic E-state index is 0.586. The van der Waals surface area contributed by atoms with Crippen molar-refractivity contribution in [2.24, 2.45) is 0 Å². The van der Waals surface area contributed by atoms with Gasteiger partial charge in [-0.25, -0.2) is 24.9 Å². The van der Waals surface area contributed by atoms with Crippen LogP contribution >= 0.6 is 0 Å². The van der Waals surface area contributed by atoms with Crippen molar-refractivity contribution in [2.75, 3.05) is 0 Å². The molecule has 0 aromatic carbocycles. The van der Waals surface area contributed by atoms with E-state index >= 15 is 0 Å². The number of rotatable bonds is 1. The fourth-order valence-corrected chi connectivity index (χ4v) is 1.71. The second-order valence-corrected chi connectivity index (χ2v) is 3.53. The molecular formula is C9H5N9. The molecular weight excluding hydrogens is 234 g/mol. The molecule has 0 aliphatic rings. The molecule has 4 rings (SSSR count). The van der Waals surface area contributed by atoms with Crippen LogP contribution in [0.4, 0.5) is 0 Å². The molecule has 0 bridgehead atoms. The van der Waals surface area contributed by atoms with Gasteiger partial charge in [0.2, 0.25) is 5.65 Å². The fraction of sp³-hybridized carbons (Fsp3) is 0. The normalized spacial score (nSPS) is 11.3. The molecule has 0 radical (unpaired) electrons. The van der Waals surface area contributed by atoms with Crippen LogP contribution in [0.25, 0.3) is 22.3 Å². The quantitative estimate of drug-likeness (QED) is 0.448. The van der Waals surface area contributed by atoms with Gasteiger partial charge in [0, 0.05) is 0 Å². The predicted octanol–water partition coefficient (Wildman–Crippen LogP) is -0.328. The summed E-state index contributed by atoms with van der Waals surface area (Å²) in [7, 11) is 0. The molecule has 0 aliphatic heterocycles. The average molecular weight is 239 g/mol. The van der Waals surface area contributed by atoms with Crippen molar-refractivity contribution in [3.8, 4) is 0 Å². The highest BCUT2D eigenvalue weighted by Crippen LogP contribution is 2.11. The topological polar surface area (TPSA) is 100 Å². The molecule has 0 spiro atoms. The highest BCUT2D eigenvalue weighted by Gasteiger charge is 2.11. The third-order valence-electron chi connectivity index (χ3n) is 2.50. The molecule has 0 unspecified atom stereocenters. The minimum Gasteiger partial charge on any atom is -0.242 e. The Labute approximate surface area is 99.1 Å². The average Bonchev–Trinajstić information content (AvgIpc) is 3.01. The second-order valence-electron chi connectivity index (χ2n) is 3.53. The van der Waals surface area contributed by atoms with E-state index in [2.05, 4.69) is 35.2 Å². The van der Waals surface area contributed by atoms with Crippen LogP contribution < -0.4 is 0 Å². The summed E-state index contributed by atoms with van der Waals surface area (Å²) >= 11 is 0. The number of imidazole rings is 1. The summed E-state index contributed by atoms with van der Waals surface area (Å²) in [4.78, 5) is 21.8. The van der Waals surface area contributed by atoms with Gasteiger partial charge in [-0.05, 0) is 5.21 Å². The van der Waals surface area contributed by atoms with Gasteiger partial charge in [-0.3, -0.25) is 0 Å². The smallest absolute Gasteiger partial charge is 0.205 e. The second kappa shape index (κ2) is 3.26. The molecule has 4 aromatic rings. The number of hydrogen-bond acceptors (Lipinski definition) is 7. The number of hydrogen-bond donors (Lipinski definition) is 0. The zero-order valence-corrected chi connectivity index (χ0v) is 8.91. The lowest BCUT2D eigenvalue weighted by molar-refractivity contribution is 0.575. The molecule has 0 atom stereocenters. The number of aromatic nitrogens is 9. The Morgan fingerprint density at radius 3 is 2.50 bits per heavy atom. The lowest BCUT2D eigenvalue weighted by atomic mass is 10.5. The first-order chi connectivity index (χ1) is 8.93. The molecule has 86 valence electrons. The fourth-order valence-electron chi connectivity index (χ4n) is 1.71. The number of fused-ring (bicyclic) bond motifs is 2. The zero-order valence-electron chi connectivity index (χ0n) is 8.91. The Hall–Kier alpha value is -2.97. The van der Waals surface area contributed by atoms with Crippen LogP contribution in [0, 0.1) is 0 Å². The molecule has 18 heavy (non-hydrogen) atoms. The van der Waals surface area contributed by atoms with Gasteiger partial charge >= 0.3 is 0 Å². The highest BCUT2D eigenvalue weighted by molar-refractivity contribution is 5.71. The highest BCUT2D eigenvalue weighted by atomic mass is 15.7. The van der Waals surface area contributed by atoms with Crippen molar-refractivity contribution in [2.45, 2.75) is 0 Å². The molecule has 9 nitrogen and oxygen atoms in total. The Morgan fingerprint density at radius 2 is 1.61 bits per heavy atom. The van der Waals surface area contributed by atoms with Crippen LogP contribution in [0.3, 0.4) is 0 Å². The predicted molar refractivity (Wildman–Crippen MR) is 59.2 cm³/mol. The molecule has 0 N–H and O–H groups in total. The summed E-state index contributed by atoms with van der Waals surface area (Å²) < 4.78 is 1.65. The van der Waals surface area contributed by atoms with Gasteiger partial charge in [-0.2, -0.15) is 4.68 Å². The van der Waals surface area contributed by atoms with Crippen LogP contribution in [0.15, 0.2) is 31.4 Å². The maximum atomic E-state index is 4.19. The van der Waals surface area contributed by atoms with Gasteiger partial charge in [0.15, 0.2) is 11.2 Å². The third-order valence-corrected chi connectivity index (χ3v) is 2.50. The summed E-state index contributed by atoms with van der Waals surface area (Å²) in [5.41, 5.74) is 2.50. The maximum absolute atomic E-state index is 4.19. The molecule has 0 aliphatic carbocycles. The SMILES string of the molecule is c1ncc2ncn(-n3nnc4cncnc43)c2n1. The Bertz CT molecular complexity index is 773. The summed E-state index contributed by atoms with van der Waals surface area (Å²) in [6, 6.07) is 0. The van der Waals surface area contributed by atoms with Crippen LogP contribution in [0.5, 0.6) is 0 Å². The van der Waals surface area contributed by atoms with Crippen LogP contribution in [0.2, 0.25) is 0 Å². The van der Waals surface area contributed by atoms with Gasteiger partial charge < -0.3 is 0 Å². The molecule has 9 heteroatoms. The van der Waals surface area contributed by atoms with Crippen molar-refractivity contribution >= 4 is 22.3 Å². The summed E-state index contributed by atoms with van der Waals surface area (Å²) in [5.74, 6) is 0. The van der Waals surface area contributed by atoms with E-state index in [-0.39, 0.29) is 0 Å². The first-order valence-corrected chi connectivity index (χ1v) is 5.08. The Kier molecular flexibility index (Phi) is 1.65. The van der Waals surface area contributed by atoms with Crippen LogP contribution in [-0.4, -0.2) is 44.7 Å². The van der Waals surface area contributed by atoms with E-state index < -0.39 is 0 Å². The van der Waals surface area contributed by atoms with E-state index in [1.54, 1.807) is 23.4 Å². The van der Waals surface area contributed by atoms with E-state index in [1.807, 2.05) is 0 Å². The first-order valence-electron chi connectivity index (χ1n) is 5.08. The first kappa shape index (κ1) is 9.10. The van der Waals surface area contributed by atoms with E-state index in [4.69, 9.17) is 0 Å². The number of nitrogens with zero attached hydrogens (tertiary/aromatic N) is 9. The lowest BCUT2D eigenvalue weighted by Gasteiger charge is -2.01. The van der Waals surface area contributed by atoms with Gasteiger partial charge in [-0.1, -0.05) is 0 Å². The maximum Gasteiger partial charge on any atom is 0.205 e. The summed E-state index contributed by atoms with van der Waals surface area (Å²) in [5, 5.41) is 7.99. The zero-order chi connectivity index (χ0) is 11.9. The minimum atomic E-state index is 0.586. The van der Waals surface area contributed by atoms with Crippen molar-refractivity contribution in [1.29, 1.82) is 0 Å². The van der Waals surface area contributed by atoms with Crippen LogP contribution in [-0.2, 0) is 0 Å². The molecule has 0 amide bonds. The summed E-state index contributed by atoms with van der Waals surface area (Å²) in [6.07, 6.45) is 7.72. The van der Waals surface area contributed by atoms with E-state index in [9.17, 15) is 0 Å². The Morgan fingerprint density at radius 1 is 0.833 bits per heavy atom. The van der Waals surface area contributed by atoms with Crippen molar-refractivity contribution in [3.63, 3.8) is 0 Å². The molecule has 0 saturated carbocycles. The van der Waals surface area contributed by atoms with Crippen molar-refractivity contribution in [1.82, 2.24) is 44.7 Å². The monoisotopic (exact) mass is 239 g/mol. The largest absolute Gasteiger partial charge is 0.242 e.